The van der Waals surface area contributed by atoms with Crippen LogP contribution in [0.5, 0.6) is 0 Å². The van der Waals surface area contributed by atoms with E-state index in [1.54, 1.807) is 4.52 Å². The average Bonchev–Trinajstić information content (AvgIpc) is 3.57. The van der Waals surface area contributed by atoms with E-state index in [-0.39, 0.29) is 23.5 Å². The summed E-state index contributed by atoms with van der Waals surface area (Å²) in [6, 6.07) is 16.2. The Bertz CT molecular complexity index is 1120. The molecule has 32 heavy (non-hydrogen) atoms. The van der Waals surface area contributed by atoms with Gasteiger partial charge in [-0.3, -0.25) is 0 Å². The van der Waals surface area contributed by atoms with E-state index < -0.39 is 0 Å². The number of nitrogens with zero attached hydrogens (tertiary/aromatic N) is 4. The summed E-state index contributed by atoms with van der Waals surface area (Å²) in [5, 5.41) is 23.7. The first-order chi connectivity index (χ1) is 15.2. The summed E-state index contributed by atoms with van der Waals surface area (Å²) in [4.78, 5) is 0. The van der Waals surface area contributed by atoms with Gasteiger partial charge in [0, 0.05) is 16.0 Å². The Morgan fingerprint density at radius 1 is 0.875 bits per heavy atom. The molecule has 0 bridgehead atoms. The molecule has 4 nitrogen and oxygen atoms in total. The van der Waals surface area contributed by atoms with Crippen molar-refractivity contribution < 1.29 is 17.1 Å². The molecule has 0 amide bonds. The quantitative estimate of drug-likeness (QED) is 0.430. The normalized spacial score (nSPS) is 15.5. The Morgan fingerprint density at radius 3 is 2.06 bits per heavy atom. The fourth-order valence-corrected chi connectivity index (χ4v) is 3.67. The predicted octanol–water partition coefficient (Wildman–Crippen LogP) is 5.47. The summed E-state index contributed by atoms with van der Waals surface area (Å²) in [6.07, 6.45) is 18.0. The van der Waals surface area contributed by atoms with E-state index in [1.165, 1.54) is 0 Å². The Hall–Kier alpha value is -2.11. The second-order valence-electron chi connectivity index (χ2n) is 6.84. The summed E-state index contributed by atoms with van der Waals surface area (Å²) in [7, 11) is 0. The Balaban J connectivity index is 0.000000427. The first-order valence-corrected chi connectivity index (χ1v) is 10.5. The molecule has 0 unspecified atom stereocenters. The molecule has 0 N–H and O–H groups in total. The molecule has 2 aliphatic rings. The van der Waals surface area contributed by atoms with Gasteiger partial charge < -0.3 is 0 Å². The fraction of sp³-hybridized carbons (Fsp3) is 0.0385. The van der Waals surface area contributed by atoms with Crippen molar-refractivity contribution >= 4 is 21.4 Å². The maximum absolute atomic E-state index is 9.79. The molecular weight excluding hydrogens is 504 g/mol. The number of halogens is 1. The number of fused-ring (bicyclic) bond motifs is 1. The first-order valence-electron chi connectivity index (χ1n) is 9.68. The van der Waals surface area contributed by atoms with Crippen LogP contribution >= 0.6 is 15.9 Å². The summed E-state index contributed by atoms with van der Waals surface area (Å²) >= 11 is 3.43. The van der Waals surface area contributed by atoms with Crippen LogP contribution in [0.2, 0.25) is 0 Å². The SMILES string of the molecule is N#CCc1cc([C]2[CH][CH][CH][CH]2)c(C#N)c2cc(-c3ccc(Br)cc3)nn12.[CH]1[CH][CH][CH][CH]1.[Fe+2]. The maximum atomic E-state index is 9.79. The van der Waals surface area contributed by atoms with Crippen LogP contribution in [0.3, 0.4) is 0 Å². The summed E-state index contributed by atoms with van der Waals surface area (Å²) in [5.74, 6) is 0.967. The molecule has 0 aliphatic heterocycles. The van der Waals surface area contributed by atoms with Crippen LogP contribution in [0, 0.1) is 86.4 Å². The van der Waals surface area contributed by atoms with Crippen LogP contribution < -0.4 is 0 Å². The zero-order valence-electron chi connectivity index (χ0n) is 16.9. The third-order valence-electron chi connectivity index (χ3n) is 4.86. The van der Waals surface area contributed by atoms with Gasteiger partial charge in [-0.05, 0) is 87.6 Å². The minimum atomic E-state index is 0. The van der Waals surface area contributed by atoms with Crippen molar-refractivity contribution in [2.45, 2.75) is 6.42 Å². The van der Waals surface area contributed by atoms with Gasteiger partial charge in [0.1, 0.15) is 6.07 Å². The molecule has 0 saturated heterocycles. The Labute approximate surface area is 209 Å². The van der Waals surface area contributed by atoms with Gasteiger partial charge in [0.25, 0.3) is 0 Å². The Kier molecular flexibility index (Phi) is 8.94. The van der Waals surface area contributed by atoms with Gasteiger partial charge in [0.15, 0.2) is 0 Å². The molecule has 1 aromatic carbocycles. The molecule has 0 atom stereocenters. The zero-order valence-corrected chi connectivity index (χ0v) is 19.6. The van der Waals surface area contributed by atoms with Gasteiger partial charge in [-0.15, -0.1) is 0 Å². The molecular formula is C26H17BrFeN4+2. The van der Waals surface area contributed by atoms with Gasteiger partial charge in [-0.25, -0.2) is 4.52 Å². The molecule has 10 radical (unpaired) electrons. The largest absolute Gasteiger partial charge is 2.00 e. The molecule has 2 fully saturated rings. The van der Waals surface area contributed by atoms with Crippen molar-refractivity contribution in [3.8, 4) is 23.4 Å². The van der Waals surface area contributed by atoms with Gasteiger partial charge in [-0.1, -0.05) is 28.1 Å². The third kappa shape index (κ3) is 5.44. The first kappa shape index (κ1) is 24.5. The van der Waals surface area contributed by atoms with E-state index in [9.17, 15) is 10.5 Å². The van der Waals surface area contributed by atoms with E-state index in [1.807, 2.05) is 94.2 Å². The zero-order chi connectivity index (χ0) is 21.6. The van der Waals surface area contributed by atoms with Crippen molar-refractivity contribution in [1.82, 2.24) is 9.61 Å². The van der Waals surface area contributed by atoms with Crippen LogP contribution in [-0.4, -0.2) is 9.61 Å². The summed E-state index contributed by atoms with van der Waals surface area (Å²) in [5.41, 5.74) is 4.60. The van der Waals surface area contributed by atoms with E-state index in [0.717, 1.165) is 38.4 Å². The maximum Gasteiger partial charge on any atom is 2.00 e. The standard InChI is InChI=1S/C21H12BrN4.C5H5.Fe/c22-16-7-5-15(6-8-16)20-12-21-19(13-24)18(14-3-1-2-4-14)11-17(9-10-23)26(21)25-20;1-2-4-5-3-1;/h1-8,11-12H,9H2;1-5H;/q;;+2. The van der Waals surface area contributed by atoms with Crippen molar-refractivity contribution in [1.29, 1.82) is 10.5 Å². The monoisotopic (exact) mass is 520 g/mol. The second kappa shape index (κ2) is 11.7. The minimum absolute atomic E-state index is 0. The van der Waals surface area contributed by atoms with Crippen molar-refractivity contribution in [2.24, 2.45) is 0 Å². The van der Waals surface area contributed by atoms with E-state index in [2.05, 4.69) is 33.2 Å². The molecule has 154 valence electrons. The number of aromatic nitrogens is 2. The smallest absolute Gasteiger partial charge is 0.235 e. The van der Waals surface area contributed by atoms with E-state index >= 15 is 0 Å². The summed E-state index contributed by atoms with van der Waals surface area (Å²) < 4.78 is 2.71. The second-order valence-corrected chi connectivity index (χ2v) is 7.76. The van der Waals surface area contributed by atoms with Crippen LogP contribution in [0.25, 0.3) is 16.8 Å². The number of hydrogen-bond donors (Lipinski definition) is 0. The molecule has 5 rings (SSSR count). The number of nitriles is 2. The minimum Gasteiger partial charge on any atom is -0.235 e. The van der Waals surface area contributed by atoms with Crippen molar-refractivity contribution in [3.05, 3.63) is 121 Å². The molecule has 2 aliphatic carbocycles. The van der Waals surface area contributed by atoms with Crippen LogP contribution in [0.15, 0.2) is 40.9 Å². The van der Waals surface area contributed by atoms with Crippen LogP contribution in [0.4, 0.5) is 0 Å². The topological polar surface area (TPSA) is 64.9 Å². The van der Waals surface area contributed by atoms with Gasteiger partial charge >= 0.3 is 17.1 Å². The number of rotatable bonds is 3. The average molecular weight is 521 g/mol. The van der Waals surface area contributed by atoms with E-state index in [0.29, 0.717) is 5.56 Å². The third-order valence-corrected chi connectivity index (χ3v) is 5.39. The van der Waals surface area contributed by atoms with Crippen LogP contribution in [-0.2, 0) is 23.5 Å². The molecule has 6 heteroatoms. The molecule has 2 heterocycles. The fourth-order valence-electron chi connectivity index (χ4n) is 3.40. The predicted molar refractivity (Wildman–Crippen MR) is 123 cm³/mol. The van der Waals surface area contributed by atoms with E-state index in [4.69, 9.17) is 0 Å². The molecule has 2 saturated carbocycles. The molecule has 2 aromatic heterocycles. The number of pyridine rings is 1. The molecule has 0 spiro atoms. The van der Waals surface area contributed by atoms with Gasteiger partial charge in [-0.2, -0.15) is 15.6 Å². The van der Waals surface area contributed by atoms with Crippen LogP contribution in [0.1, 0.15) is 16.8 Å². The number of benzene rings is 1. The summed E-state index contributed by atoms with van der Waals surface area (Å²) in [6.45, 7) is 0. The van der Waals surface area contributed by atoms with Crippen molar-refractivity contribution in [2.75, 3.05) is 0 Å². The molecule has 3 aromatic rings. The van der Waals surface area contributed by atoms with Gasteiger partial charge in [0.2, 0.25) is 0 Å². The van der Waals surface area contributed by atoms with Gasteiger partial charge in [0.05, 0.1) is 35.0 Å². The number of hydrogen-bond acceptors (Lipinski definition) is 3. The Morgan fingerprint density at radius 2 is 1.50 bits per heavy atom. The van der Waals surface area contributed by atoms with Crippen molar-refractivity contribution in [3.63, 3.8) is 0 Å².